The first-order valence-corrected chi connectivity index (χ1v) is 4.51. The number of ether oxygens (including phenoxy) is 2. The van der Waals surface area contributed by atoms with E-state index >= 15 is 0 Å². The van der Waals surface area contributed by atoms with Crippen LogP contribution in [0, 0.1) is 5.82 Å². The monoisotopic (exact) mass is 227 g/mol. The Morgan fingerprint density at radius 2 is 2.19 bits per heavy atom. The maximum Gasteiger partial charge on any atom is 0.379 e. The van der Waals surface area contributed by atoms with Crippen molar-refractivity contribution in [2.75, 3.05) is 13.7 Å². The van der Waals surface area contributed by atoms with Crippen LogP contribution in [0.4, 0.5) is 4.39 Å². The minimum atomic E-state index is -1.10. The quantitative estimate of drug-likeness (QED) is 0.435. The van der Waals surface area contributed by atoms with Crippen LogP contribution in [0.5, 0.6) is 5.88 Å². The Balaban J connectivity index is 3.04. The third kappa shape index (κ3) is 2.33. The number of Topliss-reactive ketones (excluding diaryl/α,β-unsaturated/α-hetero) is 1. The average Bonchev–Trinajstić information content (AvgIpc) is 2.29. The second-order valence-corrected chi connectivity index (χ2v) is 2.73. The van der Waals surface area contributed by atoms with Gasteiger partial charge >= 0.3 is 5.97 Å². The smallest absolute Gasteiger partial charge is 0.379 e. The van der Waals surface area contributed by atoms with Crippen LogP contribution in [0.25, 0.3) is 0 Å². The zero-order chi connectivity index (χ0) is 12.1. The number of aromatic nitrogens is 1. The lowest BCUT2D eigenvalue weighted by molar-refractivity contribution is -0.137. The number of esters is 1. The second-order valence-electron chi connectivity index (χ2n) is 2.73. The fraction of sp³-hybridized carbons (Fsp3) is 0.300. The number of methoxy groups -OCH3 is 1. The van der Waals surface area contributed by atoms with E-state index in [1.807, 2.05) is 0 Å². The maximum atomic E-state index is 13.5. The molecule has 0 amide bonds. The van der Waals surface area contributed by atoms with Gasteiger partial charge in [0.05, 0.1) is 19.3 Å². The van der Waals surface area contributed by atoms with Gasteiger partial charge in [-0.25, -0.2) is 14.2 Å². The number of rotatable bonds is 4. The summed E-state index contributed by atoms with van der Waals surface area (Å²) in [5, 5.41) is 0. The van der Waals surface area contributed by atoms with Crippen molar-refractivity contribution in [2.24, 2.45) is 0 Å². The third-order valence-electron chi connectivity index (χ3n) is 1.76. The molecule has 5 nitrogen and oxygen atoms in total. The summed E-state index contributed by atoms with van der Waals surface area (Å²) in [4.78, 5) is 26.1. The van der Waals surface area contributed by atoms with Gasteiger partial charge in [0.2, 0.25) is 0 Å². The lowest BCUT2D eigenvalue weighted by Gasteiger charge is -2.04. The van der Waals surface area contributed by atoms with Gasteiger partial charge in [-0.3, -0.25) is 4.79 Å². The largest absolute Gasteiger partial charge is 0.479 e. The van der Waals surface area contributed by atoms with Crippen LogP contribution in [-0.2, 0) is 9.53 Å². The van der Waals surface area contributed by atoms with Crippen LogP contribution in [-0.4, -0.2) is 30.5 Å². The molecule has 1 rings (SSSR count). The van der Waals surface area contributed by atoms with Crippen molar-refractivity contribution in [3.63, 3.8) is 0 Å². The summed E-state index contributed by atoms with van der Waals surface area (Å²) in [7, 11) is 1.21. The molecular weight excluding hydrogens is 217 g/mol. The van der Waals surface area contributed by atoms with Gasteiger partial charge in [0.25, 0.3) is 11.7 Å². The van der Waals surface area contributed by atoms with Gasteiger partial charge < -0.3 is 9.47 Å². The molecule has 86 valence electrons. The summed E-state index contributed by atoms with van der Waals surface area (Å²) in [6.07, 6.45) is 1.17. The molecule has 1 aromatic heterocycles. The van der Waals surface area contributed by atoms with E-state index in [1.54, 1.807) is 6.92 Å². The van der Waals surface area contributed by atoms with E-state index < -0.39 is 23.1 Å². The summed E-state index contributed by atoms with van der Waals surface area (Å²) in [5.74, 6) is -3.46. The summed E-state index contributed by atoms with van der Waals surface area (Å²) in [6.45, 7) is 1.60. The number of carbonyl (C=O) groups excluding carboxylic acids is 2. The number of hydrogen-bond acceptors (Lipinski definition) is 5. The Hall–Kier alpha value is -1.98. The van der Waals surface area contributed by atoms with E-state index in [9.17, 15) is 14.0 Å². The third-order valence-corrected chi connectivity index (χ3v) is 1.76. The highest BCUT2D eigenvalue weighted by atomic mass is 19.1. The van der Waals surface area contributed by atoms with Crippen molar-refractivity contribution < 1.29 is 23.5 Å². The molecule has 0 aromatic carbocycles. The van der Waals surface area contributed by atoms with Crippen molar-refractivity contribution in [1.29, 1.82) is 0 Å². The number of nitrogens with zero attached hydrogens (tertiary/aromatic N) is 1. The van der Waals surface area contributed by atoms with Crippen molar-refractivity contribution in [3.05, 3.63) is 23.6 Å². The zero-order valence-corrected chi connectivity index (χ0v) is 8.82. The Labute approximate surface area is 91.2 Å². The Morgan fingerprint density at radius 1 is 1.50 bits per heavy atom. The molecule has 0 saturated heterocycles. The van der Waals surface area contributed by atoms with E-state index in [0.29, 0.717) is 0 Å². The second kappa shape index (κ2) is 5.20. The molecule has 0 radical (unpaired) electrons. The maximum absolute atomic E-state index is 13.5. The van der Waals surface area contributed by atoms with E-state index in [2.05, 4.69) is 14.5 Å². The summed E-state index contributed by atoms with van der Waals surface area (Å²) >= 11 is 0. The molecule has 0 bridgehead atoms. The van der Waals surface area contributed by atoms with Crippen LogP contribution in [0.1, 0.15) is 17.3 Å². The molecule has 0 aliphatic heterocycles. The molecule has 0 unspecified atom stereocenters. The van der Waals surface area contributed by atoms with E-state index in [0.717, 1.165) is 6.07 Å². The van der Waals surface area contributed by atoms with Gasteiger partial charge in [0.15, 0.2) is 5.82 Å². The summed E-state index contributed by atoms with van der Waals surface area (Å²) in [6, 6.07) is 1.09. The molecule has 16 heavy (non-hydrogen) atoms. The molecule has 0 saturated carbocycles. The first-order chi connectivity index (χ1) is 7.61. The van der Waals surface area contributed by atoms with Gasteiger partial charge in [-0.1, -0.05) is 0 Å². The van der Waals surface area contributed by atoms with Crippen molar-refractivity contribution in [2.45, 2.75) is 6.92 Å². The first kappa shape index (κ1) is 12.1. The minimum absolute atomic E-state index is 0.0500. The molecule has 0 spiro atoms. The average molecular weight is 227 g/mol. The fourth-order valence-electron chi connectivity index (χ4n) is 1.05. The van der Waals surface area contributed by atoms with Gasteiger partial charge in [0, 0.05) is 6.20 Å². The molecule has 6 heteroatoms. The number of hydrogen-bond donors (Lipinski definition) is 0. The molecule has 0 aliphatic carbocycles. The minimum Gasteiger partial charge on any atom is -0.479 e. The summed E-state index contributed by atoms with van der Waals surface area (Å²) < 4.78 is 22.6. The molecule has 0 fully saturated rings. The van der Waals surface area contributed by atoms with Crippen LogP contribution in [0.2, 0.25) is 0 Å². The standard InChI is InChI=1S/C10H10FNO4/c1-3-16-10(14)8(13)6-4-5-12-9(15-2)7(6)11/h4-5H,3H2,1-2H3. The van der Waals surface area contributed by atoms with Gasteiger partial charge in [-0.05, 0) is 13.0 Å². The van der Waals surface area contributed by atoms with Crippen LogP contribution in [0.15, 0.2) is 12.3 Å². The molecule has 1 heterocycles. The molecule has 0 N–H and O–H groups in total. The lowest BCUT2D eigenvalue weighted by Crippen LogP contribution is -2.19. The van der Waals surface area contributed by atoms with E-state index in [4.69, 9.17) is 0 Å². The summed E-state index contributed by atoms with van der Waals surface area (Å²) in [5.41, 5.74) is -0.412. The Morgan fingerprint density at radius 3 is 2.75 bits per heavy atom. The predicted octanol–water partition coefficient (Wildman–Crippen LogP) is 0.975. The van der Waals surface area contributed by atoms with Crippen molar-refractivity contribution in [3.8, 4) is 5.88 Å². The van der Waals surface area contributed by atoms with Gasteiger partial charge in [-0.15, -0.1) is 0 Å². The fourth-order valence-corrected chi connectivity index (χ4v) is 1.05. The zero-order valence-electron chi connectivity index (χ0n) is 8.82. The molecule has 0 aliphatic rings. The number of pyridine rings is 1. The Bertz CT molecular complexity index is 419. The van der Waals surface area contributed by atoms with Crippen LogP contribution >= 0.6 is 0 Å². The van der Waals surface area contributed by atoms with Crippen LogP contribution < -0.4 is 4.74 Å². The van der Waals surface area contributed by atoms with E-state index in [1.165, 1.54) is 13.3 Å². The SMILES string of the molecule is CCOC(=O)C(=O)c1ccnc(OC)c1F. The van der Waals surface area contributed by atoms with Gasteiger partial charge in [-0.2, -0.15) is 0 Å². The lowest BCUT2D eigenvalue weighted by atomic mass is 10.1. The molecule has 1 aromatic rings. The number of halogens is 1. The van der Waals surface area contributed by atoms with Crippen molar-refractivity contribution >= 4 is 11.8 Å². The molecular formula is C10H10FNO4. The number of carbonyl (C=O) groups is 2. The highest BCUT2D eigenvalue weighted by molar-refractivity contribution is 6.40. The first-order valence-electron chi connectivity index (χ1n) is 4.51. The predicted molar refractivity (Wildman–Crippen MR) is 51.7 cm³/mol. The molecule has 0 atom stereocenters. The Kier molecular flexibility index (Phi) is 3.93. The highest BCUT2D eigenvalue weighted by Gasteiger charge is 2.23. The van der Waals surface area contributed by atoms with Crippen LogP contribution in [0.3, 0.4) is 0 Å². The normalized spacial score (nSPS) is 9.69. The van der Waals surface area contributed by atoms with Crippen molar-refractivity contribution in [1.82, 2.24) is 4.98 Å². The number of ketones is 1. The van der Waals surface area contributed by atoms with Gasteiger partial charge in [0.1, 0.15) is 0 Å². The highest BCUT2D eigenvalue weighted by Crippen LogP contribution is 2.17. The topological polar surface area (TPSA) is 65.5 Å². The van der Waals surface area contributed by atoms with E-state index in [-0.39, 0.29) is 12.5 Å².